The number of carbonyl (C=O) groups excluding carboxylic acids is 2. The van der Waals surface area contributed by atoms with E-state index in [1.807, 2.05) is 32.0 Å². The van der Waals surface area contributed by atoms with Crippen LogP contribution in [0.4, 0.5) is 11.4 Å². The summed E-state index contributed by atoms with van der Waals surface area (Å²) < 4.78 is 0. The molecule has 2 amide bonds. The van der Waals surface area contributed by atoms with Crippen LogP contribution in [0.5, 0.6) is 5.75 Å². The maximum Gasteiger partial charge on any atom is 0.339 e. The summed E-state index contributed by atoms with van der Waals surface area (Å²) in [5.74, 6) is -2.66. The van der Waals surface area contributed by atoms with Gasteiger partial charge in [-0.2, -0.15) is 0 Å². The van der Waals surface area contributed by atoms with Crippen molar-refractivity contribution in [2.24, 2.45) is 0 Å². The van der Waals surface area contributed by atoms with Gasteiger partial charge < -0.3 is 15.5 Å². The smallest absolute Gasteiger partial charge is 0.339 e. The van der Waals surface area contributed by atoms with E-state index < -0.39 is 29.6 Å². The largest absolute Gasteiger partial charge is 0.507 e. The summed E-state index contributed by atoms with van der Waals surface area (Å²) in [6.45, 7) is 3.94. The topological polar surface area (TPSA) is 107 Å². The van der Waals surface area contributed by atoms with E-state index in [1.54, 1.807) is 0 Å². The Morgan fingerprint density at radius 3 is 2.50 bits per heavy atom. The van der Waals surface area contributed by atoms with Crippen LogP contribution < -0.4 is 10.2 Å². The molecule has 1 aliphatic rings. The lowest BCUT2D eigenvalue weighted by Gasteiger charge is -2.17. The summed E-state index contributed by atoms with van der Waals surface area (Å²) in [7, 11) is 0. The van der Waals surface area contributed by atoms with Gasteiger partial charge in [-0.3, -0.25) is 9.59 Å². The molecule has 0 aliphatic carbocycles. The number of imide groups is 1. The molecule has 0 spiro atoms. The molecule has 1 saturated heterocycles. The number of aromatic hydroxyl groups is 1. The molecule has 1 atom stereocenters. The van der Waals surface area contributed by atoms with Crippen LogP contribution in [0.25, 0.3) is 0 Å². The standard InChI is InChI=1S/C19H18N2O5/c1-10-3-4-12(7-11(10)2)20-15-9-17(23)21(18(15)24)13-5-6-16(22)14(8-13)19(25)26/h3-8,15,20,22H,9H2,1-2H3,(H,25,26). The van der Waals surface area contributed by atoms with E-state index in [1.165, 1.54) is 6.07 Å². The SMILES string of the molecule is Cc1ccc(NC2CC(=O)N(c3ccc(O)c(C(=O)O)c3)C2=O)cc1C. The number of amides is 2. The van der Waals surface area contributed by atoms with E-state index in [0.29, 0.717) is 0 Å². The van der Waals surface area contributed by atoms with Gasteiger partial charge in [0.25, 0.3) is 5.91 Å². The predicted molar refractivity (Wildman–Crippen MR) is 95.5 cm³/mol. The lowest BCUT2D eigenvalue weighted by atomic mass is 10.1. The zero-order chi connectivity index (χ0) is 19.0. The minimum atomic E-state index is -1.34. The number of carbonyl (C=O) groups is 3. The van der Waals surface area contributed by atoms with Crippen LogP contribution >= 0.6 is 0 Å². The number of hydrogen-bond donors (Lipinski definition) is 3. The minimum absolute atomic E-state index is 0.0327. The third kappa shape index (κ3) is 3.11. The molecule has 2 aromatic rings. The Bertz CT molecular complexity index is 922. The van der Waals surface area contributed by atoms with Crippen molar-refractivity contribution in [1.29, 1.82) is 0 Å². The fourth-order valence-corrected chi connectivity index (χ4v) is 2.88. The Labute approximate surface area is 149 Å². The molecule has 0 aromatic heterocycles. The highest BCUT2D eigenvalue weighted by Gasteiger charge is 2.40. The highest BCUT2D eigenvalue weighted by atomic mass is 16.4. The van der Waals surface area contributed by atoms with Gasteiger partial charge >= 0.3 is 5.97 Å². The number of benzene rings is 2. The van der Waals surface area contributed by atoms with Crippen LogP contribution in [-0.2, 0) is 9.59 Å². The van der Waals surface area contributed by atoms with Gasteiger partial charge in [-0.25, -0.2) is 9.69 Å². The molecule has 0 radical (unpaired) electrons. The van der Waals surface area contributed by atoms with Crippen LogP contribution in [0, 0.1) is 13.8 Å². The van der Waals surface area contributed by atoms with Gasteiger partial charge in [0.15, 0.2) is 0 Å². The Morgan fingerprint density at radius 2 is 1.85 bits per heavy atom. The average Bonchev–Trinajstić information content (AvgIpc) is 2.85. The average molecular weight is 354 g/mol. The molecule has 1 aliphatic heterocycles. The quantitative estimate of drug-likeness (QED) is 0.728. The number of nitrogens with one attached hydrogen (secondary N) is 1. The first-order valence-corrected chi connectivity index (χ1v) is 8.05. The minimum Gasteiger partial charge on any atom is -0.507 e. The molecule has 1 fully saturated rings. The van der Waals surface area contributed by atoms with Gasteiger partial charge in [0.1, 0.15) is 17.4 Å². The van der Waals surface area contributed by atoms with Crippen molar-refractivity contribution >= 4 is 29.2 Å². The summed E-state index contributed by atoms with van der Waals surface area (Å²) in [6, 6.07) is 8.55. The molecule has 1 heterocycles. The zero-order valence-corrected chi connectivity index (χ0v) is 14.3. The van der Waals surface area contributed by atoms with E-state index in [4.69, 9.17) is 5.11 Å². The fraction of sp³-hybridized carbons (Fsp3) is 0.211. The molecule has 3 N–H and O–H groups in total. The fourth-order valence-electron chi connectivity index (χ4n) is 2.88. The second-order valence-electron chi connectivity index (χ2n) is 6.27. The third-order valence-electron chi connectivity index (χ3n) is 4.46. The van der Waals surface area contributed by atoms with E-state index in [9.17, 15) is 19.5 Å². The predicted octanol–water partition coefficient (Wildman–Crippen LogP) is 2.45. The van der Waals surface area contributed by atoms with E-state index in [-0.39, 0.29) is 17.7 Å². The number of anilines is 2. The Morgan fingerprint density at radius 1 is 1.12 bits per heavy atom. The molecule has 3 rings (SSSR count). The summed E-state index contributed by atoms with van der Waals surface area (Å²) >= 11 is 0. The molecule has 0 saturated carbocycles. The van der Waals surface area contributed by atoms with Gasteiger partial charge in [-0.1, -0.05) is 6.07 Å². The molecule has 1 unspecified atom stereocenters. The van der Waals surface area contributed by atoms with Gasteiger partial charge in [0, 0.05) is 5.69 Å². The van der Waals surface area contributed by atoms with Crippen molar-refractivity contribution in [3.05, 3.63) is 53.1 Å². The van der Waals surface area contributed by atoms with Crippen molar-refractivity contribution < 1.29 is 24.6 Å². The lowest BCUT2D eigenvalue weighted by Crippen LogP contribution is -2.34. The van der Waals surface area contributed by atoms with Gasteiger partial charge in [-0.05, 0) is 55.3 Å². The molecular formula is C19H18N2O5. The molecule has 26 heavy (non-hydrogen) atoms. The lowest BCUT2D eigenvalue weighted by molar-refractivity contribution is -0.121. The molecule has 7 heteroatoms. The summed E-state index contributed by atoms with van der Waals surface area (Å²) in [6.07, 6.45) is -0.0327. The van der Waals surface area contributed by atoms with E-state index >= 15 is 0 Å². The van der Waals surface area contributed by atoms with Crippen molar-refractivity contribution in [3.63, 3.8) is 0 Å². The first kappa shape index (κ1) is 17.5. The molecular weight excluding hydrogens is 336 g/mol. The summed E-state index contributed by atoms with van der Waals surface area (Å²) in [4.78, 5) is 37.1. The number of aryl methyl sites for hydroxylation is 2. The van der Waals surface area contributed by atoms with Crippen LogP contribution in [0.15, 0.2) is 36.4 Å². The Kier molecular flexibility index (Phi) is 4.38. The number of carboxylic acid groups (broad SMARTS) is 1. The van der Waals surface area contributed by atoms with E-state index in [0.717, 1.165) is 33.8 Å². The Balaban J connectivity index is 1.86. The number of carboxylic acids is 1. The number of hydrogen-bond acceptors (Lipinski definition) is 5. The van der Waals surface area contributed by atoms with Crippen LogP contribution in [0.3, 0.4) is 0 Å². The highest BCUT2D eigenvalue weighted by molar-refractivity contribution is 6.23. The maximum atomic E-state index is 12.7. The van der Waals surface area contributed by atoms with E-state index in [2.05, 4.69) is 5.32 Å². The van der Waals surface area contributed by atoms with Crippen LogP contribution in [0.1, 0.15) is 27.9 Å². The van der Waals surface area contributed by atoms with Crippen LogP contribution in [0.2, 0.25) is 0 Å². The third-order valence-corrected chi connectivity index (χ3v) is 4.46. The second-order valence-corrected chi connectivity index (χ2v) is 6.27. The van der Waals surface area contributed by atoms with Crippen molar-refractivity contribution in [2.45, 2.75) is 26.3 Å². The summed E-state index contributed by atoms with van der Waals surface area (Å²) in [5, 5.41) is 21.8. The van der Waals surface area contributed by atoms with Gasteiger partial charge in [0.05, 0.1) is 12.1 Å². The normalized spacial score (nSPS) is 16.8. The first-order valence-electron chi connectivity index (χ1n) is 8.05. The molecule has 0 bridgehead atoms. The molecule has 2 aromatic carbocycles. The zero-order valence-electron chi connectivity index (χ0n) is 14.3. The number of nitrogens with zero attached hydrogens (tertiary/aromatic N) is 1. The van der Waals surface area contributed by atoms with Gasteiger partial charge in [-0.15, -0.1) is 0 Å². The van der Waals surface area contributed by atoms with Crippen molar-refractivity contribution in [2.75, 3.05) is 10.2 Å². The number of rotatable bonds is 4. The number of aromatic carboxylic acids is 1. The summed E-state index contributed by atoms with van der Waals surface area (Å²) in [5.41, 5.74) is 2.68. The first-order chi connectivity index (χ1) is 12.3. The van der Waals surface area contributed by atoms with Crippen molar-refractivity contribution in [3.8, 4) is 5.75 Å². The highest BCUT2D eigenvalue weighted by Crippen LogP contribution is 2.29. The monoisotopic (exact) mass is 354 g/mol. The molecule has 134 valence electrons. The van der Waals surface area contributed by atoms with Gasteiger partial charge in [0.2, 0.25) is 5.91 Å². The number of phenols is 1. The Hall–Kier alpha value is -3.35. The van der Waals surface area contributed by atoms with Crippen LogP contribution in [-0.4, -0.2) is 34.0 Å². The molecule has 7 nitrogen and oxygen atoms in total. The second kappa shape index (κ2) is 6.51. The maximum absolute atomic E-state index is 12.7. The van der Waals surface area contributed by atoms with Crippen molar-refractivity contribution in [1.82, 2.24) is 0 Å².